The summed E-state index contributed by atoms with van der Waals surface area (Å²) in [4.78, 5) is 9.24. The summed E-state index contributed by atoms with van der Waals surface area (Å²) in [5.41, 5.74) is 3.56. The number of hydrogen-bond acceptors (Lipinski definition) is 8. The molecule has 31 heavy (non-hydrogen) atoms. The number of benzene rings is 2. The molecule has 0 radical (unpaired) electrons. The van der Waals surface area contributed by atoms with Gasteiger partial charge in [0.2, 0.25) is 0 Å². The van der Waals surface area contributed by atoms with Gasteiger partial charge in [0.1, 0.15) is 11.0 Å². The Morgan fingerprint density at radius 1 is 1.10 bits per heavy atom. The Morgan fingerprint density at radius 2 is 1.94 bits per heavy atom. The highest BCUT2D eigenvalue weighted by Crippen LogP contribution is 2.32. The first-order valence-electron chi connectivity index (χ1n) is 9.19. The average molecular weight is 439 g/mol. The normalized spacial score (nSPS) is 12.0. The fourth-order valence-corrected chi connectivity index (χ4v) is 3.36. The van der Waals surface area contributed by atoms with Gasteiger partial charge in [0.15, 0.2) is 23.1 Å². The van der Waals surface area contributed by atoms with Gasteiger partial charge in [0.25, 0.3) is 0 Å². The number of aromatic amines is 1. The average Bonchev–Trinajstić information content (AvgIpc) is 3.27. The highest BCUT2D eigenvalue weighted by molar-refractivity contribution is 7.77. The van der Waals surface area contributed by atoms with E-state index < -0.39 is 11.3 Å². The van der Waals surface area contributed by atoms with E-state index in [1.165, 1.54) is 0 Å². The van der Waals surface area contributed by atoms with Gasteiger partial charge < -0.3 is 19.3 Å². The molecule has 0 bridgehead atoms. The quantitative estimate of drug-likeness (QED) is 0.356. The molecule has 4 aromatic rings. The smallest absolute Gasteiger partial charge is 0.162 e. The molecule has 10 nitrogen and oxygen atoms in total. The summed E-state index contributed by atoms with van der Waals surface area (Å²) in [6, 6.07) is 12.8. The van der Waals surface area contributed by atoms with Crippen LogP contribution in [-0.4, -0.2) is 43.1 Å². The Kier molecular flexibility index (Phi) is 6.07. The Bertz CT molecular complexity index is 1250. The van der Waals surface area contributed by atoms with E-state index in [0.717, 1.165) is 16.8 Å². The second-order valence-corrected chi connectivity index (χ2v) is 7.24. The van der Waals surface area contributed by atoms with E-state index in [4.69, 9.17) is 9.47 Å². The number of fused-ring (bicyclic) bond motifs is 1. The van der Waals surface area contributed by atoms with Crippen LogP contribution in [0.25, 0.3) is 22.4 Å². The number of rotatable bonds is 8. The van der Waals surface area contributed by atoms with E-state index in [0.29, 0.717) is 34.2 Å². The lowest BCUT2D eigenvalue weighted by atomic mass is 10.1. The van der Waals surface area contributed by atoms with E-state index in [9.17, 15) is 8.76 Å². The highest BCUT2D eigenvalue weighted by Gasteiger charge is 2.13. The molecule has 2 aromatic heterocycles. The lowest BCUT2D eigenvalue weighted by Crippen LogP contribution is -2.15. The Labute approximate surface area is 180 Å². The molecular weight excluding hydrogens is 420 g/mol. The maximum absolute atomic E-state index is 10.8. The summed E-state index contributed by atoms with van der Waals surface area (Å²) < 4.78 is 34.6. The Balaban J connectivity index is 1.71. The van der Waals surface area contributed by atoms with E-state index in [1.54, 1.807) is 32.5 Å². The lowest BCUT2D eigenvalue weighted by molar-refractivity contribution is 0.355. The zero-order valence-electron chi connectivity index (χ0n) is 16.7. The molecule has 2 aromatic carbocycles. The molecule has 1 unspecified atom stereocenters. The van der Waals surface area contributed by atoms with E-state index in [1.807, 2.05) is 30.3 Å². The second kappa shape index (κ2) is 9.08. The minimum atomic E-state index is -2.33. The SMILES string of the molecule is COc1ccc(Nc2nc(-c3cccc(CNS(=O)[O-])c3)nc3cn[nH]c23)cc1OC. The summed E-state index contributed by atoms with van der Waals surface area (Å²) >= 11 is -2.33. The number of nitrogens with one attached hydrogen (secondary N) is 3. The topological polar surface area (TPSA) is 137 Å². The van der Waals surface area contributed by atoms with Crippen molar-refractivity contribution in [3.05, 3.63) is 54.2 Å². The molecule has 0 spiro atoms. The summed E-state index contributed by atoms with van der Waals surface area (Å²) in [5.74, 6) is 2.21. The monoisotopic (exact) mass is 439 g/mol. The molecule has 0 amide bonds. The minimum Gasteiger partial charge on any atom is -0.760 e. The first-order chi connectivity index (χ1) is 15.1. The van der Waals surface area contributed by atoms with Gasteiger partial charge in [-0.2, -0.15) is 5.10 Å². The van der Waals surface area contributed by atoms with Crippen LogP contribution in [0, 0.1) is 0 Å². The Morgan fingerprint density at radius 3 is 2.71 bits per heavy atom. The third-order valence-electron chi connectivity index (χ3n) is 4.53. The first kappa shape index (κ1) is 20.7. The van der Waals surface area contributed by atoms with Crippen LogP contribution < -0.4 is 19.5 Å². The van der Waals surface area contributed by atoms with Crippen LogP contribution in [0.1, 0.15) is 5.56 Å². The van der Waals surface area contributed by atoms with Crippen LogP contribution in [0.5, 0.6) is 11.5 Å². The van der Waals surface area contributed by atoms with Gasteiger partial charge >= 0.3 is 0 Å². The van der Waals surface area contributed by atoms with Crippen LogP contribution in [0.15, 0.2) is 48.7 Å². The summed E-state index contributed by atoms with van der Waals surface area (Å²) in [6.07, 6.45) is 1.62. The number of methoxy groups -OCH3 is 2. The minimum absolute atomic E-state index is 0.175. The van der Waals surface area contributed by atoms with Gasteiger partial charge in [-0.15, -0.1) is 0 Å². The van der Waals surface area contributed by atoms with Gasteiger partial charge in [0, 0.05) is 35.1 Å². The van der Waals surface area contributed by atoms with Crippen molar-refractivity contribution in [2.75, 3.05) is 19.5 Å². The predicted octanol–water partition coefficient (Wildman–Crippen LogP) is 2.66. The first-order valence-corrected chi connectivity index (χ1v) is 10.3. The number of H-pyrrole nitrogens is 1. The molecule has 1 atom stereocenters. The second-order valence-electron chi connectivity index (χ2n) is 6.48. The molecule has 160 valence electrons. The molecule has 0 aliphatic carbocycles. The van der Waals surface area contributed by atoms with Gasteiger partial charge in [-0.05, 0) is 23.8 Å². The van der Waals surface area contributed by atoms with Crippen LogP contribution in [0.3, 0.4) is 0 Å². The number of hydrogen-bond donors (Lipinski definition) is 3. The van der Waals surface area contributed by atoms with Crippen molar-refractivity contribution in [3.63, 3.8) is 0 Å². The maximum Gasteiger partial charge on any atom is 0.162 e. The number of nitrogens with zero attached hydrogens (tertiary/aromatic N) is 3. The standard InChI is InChI=1S/C20H20N6O4S/c1-29-16-7-6-14(9-17(16)30-2)23-20-18-15(11-21-26-18)24-19(25-20)13-5-3-4-12(8-13)10-22-31(27)28/h3-9,11,22H,10H2,1-2H3,(H,21,26)(H,27,28)(H,23,24,25)/p-1. The summed E-state index contributed by atoms with van der Waals surface area (Å²) in [5, 5.41) is 10.3. The third-order valence-corrected chi connectivity index (χ3v) is 4.91. The van der Waals surface area contributed by atoms with Crippen LogP contribution in [-0.2, 0) is 17.8 Å². The maximum atomic E-state index is 10.8. The van der Waals surface area contributed by atoms with E-state index in [2.05, 4.69) is 30.2 Å². The molecular formula is C20H19N6O4S-. The zero-order valence-corrected chi connectivity index (χ0v) is 17.5. The molecule has 0 aliphatic rings. The number of anilines is 2. The van der Waals surface area contributed by atoms with Crippen molar-refractivity contribution in [2.45, 2.75) is 6.54 Å². The third kappa shape index (κ3) is 4.63. The molecule has 0 saturated carbocycles. The van der Waals surface area contributed by atoms with Gasteiger partial charge in [-0.3, -0.25) is 9.31 Å². The summed E-state index contributed by atoms with van der Waals surface area (Å²) in [7, 11) is 3.15. The van der Waals surface area contributed by atoms with Crippen molar-refractivity contribution >= 4 is 33.8 Å². The fourth-order valence-electron chi connectivity index (χ4n) is 3.07. The van der Waals surface area contributed by atoms with Gasteiger partial charge in [0.05, 0.1) is 20.4 Å². The molecule has 11 heteroatoms. The number of aromatic nitrogens is 4. The molecule has 0 fully saturated rings. The molecule has 2 heterocycles. The lowest BCUT2D eigenvalue weighted by Gasteiger charge is -2.12. The van der Waals surface area contributed by atoms with E-state index >= 15 is 0 Å². The molecule has 0 aliphatic heterocycles. The van der Waals surface area contributed by atoms with Crippen molar-refractivity contribution < 1.29 is 18.2 Å². The molecule has 0 saturated heterocycles. The zero-order chi connectivity index (χ0) is 21.8. The van der Waals surface area contributed by atoms with Crippen molar-refractivity contribution in [2.24, 2.45) is 0 Å². The van der Waals surface area contributed by atoms with Crippen molar-refractivity contribution in [1.82, 2.24) is 24.9 Å². The predicted molar refractivity (Wildman–Crippen MR) is 116 cm³/mol. The number of ether oxygens (including phenoxy) is 2. The van der Waals surface area contributed by atoms with Crippen molar-refractivity contribution in [3.8, 4) is 22.9 Å². The highest BCUT2D eigenvalue weighted by atomic mass is 32.2. The summed E-state index contributed by atoms with van der Waals surface area (Å²) in [6.45, 7) is 0.175. The van der Waals surface area contributed by atoms with E-state index in [-0.39, 0.29) is 6.54 Å². The van der Waals surface area contributed by atoms with Crippen LogP contribution >= 0.6 is 0 Å². The molecule has 4 rings (SSSR count). The van der Waals surface area contributed by atoms with Crippen LogP contribution in [0.4, 0.5) is 11.5 Å². The fraction of sp³-hybridized carbons (Fsp3) is 0.150. The van der Waals surface area contributed by atoms with Crippen LogP contribution in [0.2, 0.25) is 0 Å². The van der Waals surface area contributed by atoms with Crippen molar-refractivity contribution in [1.29, 1.82) is 0 Å². The van der Waals surface area contributed by atoms with Gasteiger partial charge in [-0.1, -0.05) is 18.2 Å². The largest absolute Gasteiger partial charge is 0.760 e. The molecule has 3 N–H and O–H groups in total. The Hall–Kier alpha value is -3.54. The van der Waals surface area contributed by atoms with Gasteiger partial charge in [-0.25, -0.2) is 14.7 Å².